The number of hydrogen-bond donors (Lipinski definition) is 1. The van der Waals surface area contributed by atoms with Gasteiger partial charge in [-0.25, -0.2) is 9.97 Å². The smallest absolute Gasteiger partial charge is 0.153 e. The number of carbonyl (C=O) groups excluding carboxylic acids is 1. The minimum absolute atomic E-state index is 0.223. The normalized spacial score (nSPS) is 12.1. The Morgan fingerprint density at radius 3 is 1.96 bits per heavy atom. The first kappa shape index (κ1) is 20.7. The fourth-order valence-electron chi connectivity index (χ4n) is 2.25. The van der Waals surface area contributed by atoms with Crippen molar-refractivity contribution in [3.63, 3.8) is 0 Å². The zero-order valence-corrected chi connectivity index (χ0v) is 18.2. The first-order valence-corrected chi connectivity index (χ1v) is 10.6. The summed E-state index contributed by atoms with van der Waals surface area (Å²) in [5, 5.41) is 11.7. The van der Waals surface area contributed by atoms with Crippen molar-refractivity contribution in [2.24, 2.45) is 0 Å². The van der Waals surface area contributed by atoms with E-state index in [0.29, 0.717) is 31.2 Å². The zero-order valence-electron chi connectivity index (χ0n) is 13.5. The summed E-state index contributed by atoms with van der Waals surface area (Å²) in [6, 6.07) is 7.08. The number of nitrogens with zero attached hydrogens (tertiary/aromatic N) is 2. The van der Waals surface area contributed by atoms with Gasteiger partial charge >= 0.3 is 0 Å². The summed E-state index contributed by atoms with van der Waals surface area (Å²) in [5.41, 5.74) is 1.03. The number of aliphatic hydroxyl groups excluding tert-OH is 1. The predicted molar refractivity (Wildman–Crippen MR) is 115 cm³/mol. The van der Waals surface area contributed by atoms with E-state index < -0.39 is 6.10 Å². The lowest BCUT2D eigenvalue weighted by Gasteiger charge is -2.05. The average molecular weight is 480 g/mol. The summed E-state index contributed by atoms with van der Waals surface area (Å²) in [4.78, 5) is 20.3. The molecule has 0 saturated carbocycles. The maximum atomic E-state index is 10.5. The Bertz CT molecular complexity index is 1140. The van der Waals surface area contributed by atoms with Crippen molar-refractivity contribution in [3.8, 4) is 0 Å². The molecule has 0 aliphatic heterocycles. The Kier molecular flexibility index (Phi) is 6.58. The maximum Gasteiger partial charge on any atom is 0.153 e. The van der Waals surface area contributed by atoms with Crippen LogP contribution in [-0.2, 0) is 0 Å². The van der Waals surface area contributed by atoms with Gasteiger partial charge < -0.3 is 5.11 Å². The molecule has 0 saturated heterocycles. The summed E-state index contributed by atoms with van der Waals surface area (Å²) in [5.74, 6) is 0. The standard InChI is InChI=1S/C9H7Cl2NOS.C8H3Cl2NOS/c1-4(13)6-2-5-3-7(10)14-9(5)12-8(6)11;9-6-2-4-1-5(3-12)7(10)11-8(4)13-6/h2-4,13H,1H3;1-3H. The predicted octanol–water partition coefficient (Wildman–Crippen LogP) is 7.07. The van der Waals surface area contributed by atoms with Gasteiger partial charge in [0, 0.05) is 16.3 Å². The Morgan fingerprint density at radius 2 is 1.44 bits per heavy atom. The van der Waals surface area contributed by atoms with E-state index in [4.69, 9.17) is 46.4 Å². The second-order valence-electron chi connectivity index (χ2n) is 5.42. The number of aldehydes is 1. The largest absolute Gasteiger partial charge is 0.389 e. The number of carbonyl (C=O) groups is 1. The number of fused-ring (bicyclic) bond motifs is 2. The van der Waals surface area contributed by atoms with Crippen LogP contribution in [-0.4, -0.2) is 21.4 Å². The van der Waals surface area contributed by atoms with Crippen LogP contribution >= 0.6 is 69.1 Å². The zero-order chi connectivity index (χ0) is 19.7. The molecule has 0 aliphatic carbocycles. The Labute approximate surface area is 182 Å². The second-order valence-corrected chi connectivity index (χ2v) is 9.46. The fourth-order valence-corrected chi connectivity index (χ4v) is 4.99. The van der Waals surface area contributed by atoms with E-state index in [1.807, 2.05) is 12.1 Å². The molecule has 0 aliphatic rings. The molecule has 0 bridgehead atoms. The highest BCUT2D eigenvalue weighted by Gasteiger charge is 2.11. The van der Waals surface area contributed by atoms with Gasteiger partial charge in [-0.1, -0.05) is 46.4 Å². The molecule has 0 amide bonds. The molecule has 0 fully saturated rings. The number of pyridine rings is 2. The molecular weight excluding hydrogens is 470 g/mol. The number of halogens is 4. The van der Waals surface area contributed by atoms with Gasteiger partial charge in [0.1, 0.15) is 20.0 Å². The Morgan fingerprint density at radius 1 is 0.926 bits per heavy atom. The molecule has 4 aromatic rings. The van der Waals surface area contributed by atoms with Crippen LogP contribution in [0.3, 0.4) is 0 Å². The van der Waals surface area contributed by atoms with Gasteiger partial charge in [-0.2, -0.15) is 0 Å². The minimum Gasteiger partial charge on any atom is -0.389 e. The van der Waals surface area contributed by atoms with Crippen molar-refractivity contribution in [3.05, 3.63) is 54.4 Å². The number of rotatable bonds is 2. The van der Waals surface area contributed by atoms with Gasteiger partial charge in [0.15, 0.2) is 6.29 Å². The van der Waals surface area contributed by atoms with Crippen LogP contribution in [0.5, 0.6) is 0 Å². The van der Waals surface area contributed by atoms with Crippen LogP contribution < -0.4 is 0 Å². The molecule has 0 aromatic carbocycles. The molecule has 4 heterocycles. The monoisotopic (exact) mass is 478 g/mol. The lowest BCUT2D eigenvalue weighted by Crippen LogP contribution is -1.93. The van der Waals surface area contributed by atoms with Gasteiger partial charge in [0.25, 0.3) is 0 Å². The number of hydrogen-bond acceptors (Lipinski definition) is 6. The van der Waals surface area contributed by atoms with Crippen molar-refractivity contribution in [1.29, 1.82) is 0 Å². The van der Waals surface area contributed by atoms with E-state index in [1.165, 1.54) is 22.7 Å². The molecule has 4 rings (SSSR count). The fraction of sp³-hybridized carbons (Fsp3) is 0.118. The Balaban J connectivity index is 0.000000156. The quantitative estimate of drug-likeness (QED) is 0.246. The summed E-state index contributed by atoms with van der Waals surface area (Å²) in [6.45, 7) is 1.66. The highest BCUT2D eigenvalue weighted by molar-refractivity contribution is 7.22. The number of aromatic nitrogens is 2. The van der Waals surface area contributed by atoms with E-state index in [0.717, 1.165) is 20.4 Å². The topological polar surface area (TPSA) is 63.1 Å². The number of thiophene rings is 2. The molecule has 10 heteroatoms. The van der Waals surface area contributed by atoms with E-state index >= 15 is 0 Å². The third kappa shape index (κ3) is 4.71. The minimum atomic E-state index is -0.613. The molecule has 0 radical (unpaired) electrons. The van der Waals surface area contributed by atoms with Crippen LogP contribution in [0.25, 0.3) is 20.4 Å². The first-order chi connectivity index (χ1) is 12.8. The second kappa shape index (κ2) is 8.57. The third-order valence-corrected chi connectivity index (χ3v) is 6.45. The van der Waals surface area contributed by atoms with Crippen molar-refractivity contribution < 1.29 is 9.90 Å². The Hall–Kier alpha value is -0.990. The maximum absolute atomic E-state index is 10.5. The van der Waals surface area contributed by atoms with Crippen molar-refractivity contribution in [1.82, 2.24) is 9.97 Å². The molecule has 1 atom stereocenters. The molecule has 140 valence electrons. The first-order valence-electron chi connectivity index (χ1n) is 7.42. The molecule has 4 aromatic heterocycles. The SMILES string of the molecule is CC(O)c1cc2cc(Cl)sc2nc1Cl.O=Cc1cc2cc(Cl)sc2nc1Cl. The highest BCUT2D eigenvalue weighted by atomic mass is 35.5. The molecular formula is C17H10Cl4N2O2S2. The van der Waals surface area contributed by atoms with Gasteiger partial charge in [-0.05, 0) is 31.2 Å². The molecule has 0 spiro atoms. The van der Waals surface area contributed by atoms with Crippen LogP contribution in [0.4, 0.5) is 0 Å². The lowest BCUT2D eigenvalue weighted by molar-refractivity contribution is 0.112. The molecule has 4 nitrogen and oxygen atoms in total. The van der Waals surface area contributed by atoms with E-state index in [2.05, 4.69) is 9.97 Å². The number of aliphatic hydroxyl groups is 1. The molecule has 27 heavy (non-hydrogen) atoms. The van der Waals surface area contributed by atoms with Crippen molar-refractivity contribution in [2.45, 2.75) is 13.0 Å². The molecule has 1 N–H and O–H groups in total. The van der Waals surface area contributed by atoms with Crippen LogP contribution in [0.2, 0.25) is 19.0 Å². The summed E-state index contributed by atoms with van der Waals surface area (Å²) >= 11 is 26.0. The third-order valence-electron chi connectivity index (χ3n) is 3.50. The highest BCUT2D eigenvalue weighted by Crippen LogP contribution is 2.33. The van der Waals surface area contributed by atoms with Crippen molar-refractivity contribution >= 4 is 95.8 Å². The lowest BCUT2D eigenvalue weighted by atomic mass is 10.1. The molecule has 1 unspecified atom stereocenters. The average Bonchev–Trinajstić information content (AvgIpc) is 3.13. The van der Waals surface area contributed by atoms with Gasteiger partial charge in [-0.3, -0.25) is 4.79 Å². The van der Waals surface area contributed by atoms with Crippen LogP contribution in [0, 0.1) is 0 Å². The van der Waals surface area contributed by atoms with Gasteiger partial charge in [0.2, 0.25) is 0 Å². The van der Waals surface area contributed by atoms with E-state index in [-0.39, 0.29) is 5.15 Å². The van der Waals surface area contributed by atoms with Crippen LogP contribution in [0.15, 0.2) is 24.3 Å². The summed E-state index contributed by atoms with van der Waals surface area (Å²) in [6.07, 6.45) is 0.0680. The van der Waals surface area contributed by atoms with Gasteiger partial charge in [-0.15, -0.1) is 22.7 Å². The van der Waals surface area contributed by atoms with Crippen LogP contribution in [0.1, 0.15) is 28.9 Å². The van der Waals surface area contributed by atoms with Crippen molar-refractivity contribution in [2.75, 3.05) is 0 Å². The van der Waals surface area contributed by atoms with Gasteiger partial charge in [0.05, 0.1) is 20.3 Å². The summed E-state index contributed by atoms with van der Waals surface area (Å²) < 4.78 is 1.31. The van der Waals surface area contributed by atoms with E-state index in [1.54, 1.807) is 19.1 Å². The van der Waals surface area contributed by atoms with E-state index in [9.17, 15) is 9.90 Å². The summed E-state index contributed by atoms with van der Waals surface area (Å²) in [7, 11) is 0.